The van der Waals surface area contributed by atoms with E-state index in [1.165, 1.54) is 10.4 Å². The third kappa shape index (κ3) is 4.58. The summed E-state index contributed by atoms with van der Waals surface area (Å²) in [5.41, 5.74) is 11.5. The van der Waals surface area contributed by atoms with E-state index in [2.05, 4.69) is 67.0 Å². The molecule has 0 fully saturated rings. The molecule has 0 unspecified atom stereocenters. The number of pyridine rings is 1. The van der Waals surface area contributed by atoms with Gasteiger partial charge in [-0.1, -0.05) is 30.3 Å². The second-order valence-electron chi connectivity index (χ2n) is 6.88. The van der Waals surface area contributed by atoms with Crippen molar-refractivity contribution in [3.8, 4) is 0 Å². The van der Waals surface area contributed by atoms with Crippen LogP contribution in [-0.4, -0.2) is 28.2 Å². The summed E-state index contributed by atoms with van der Waals surface area (Å²) >= 11 is 1.78. The average molecular weight is 417 g/mol. The Hall–Kier alpha value is -3.45. The van der Waals surface area contributed by atoms with Crippen molar-refractivity contribution in [2.45, 2.75) is 19.4 Å². The predicted molar refractivity (Wildman–Crippen MR) is 126 cm³/mol. The number of fused-ring (bicyclic) bond motifs is 1. The Morgan fingerprint density at radius 3 is 2.80 bits per heavy atom. The first-order chi connectivity index (χ1) is 14.8. The largest absolute Gasteiger partial charge is 0.404 e. The van der Waals surface area contributed by atoms with Crippen LogP contribution in [0.15, 0.2) is 65.2 Å². The SMILES string of the molecule is CN=C/C(=C\N)c1ccc(CNc2ccnc3nc(CCc4cccs4)[nH]c23)cc1. The molecule has 1 aromatic carbocycles. The molecule has 0 aliphatic heterocycles. The summed E-state index contributed by atoms with van der Waals surface area (Å²) in [6.45, 7) is 0.701. The number of hydrogen-bond acceptors (Lipinski definition) is 6. The van der Waals surface area contributed by atoms with Crippen molar-refractivity contribution in [3.05, 3.63) is 82.1 Å². The van der Waals surface area contributed by atoms with E-state index in [1.807, 2.05) is 6.07 Å². The summed E-state index contributed by atoms with van der Waals surface area (Å²) in [6.07, 6.45) is 6.97. The molecule has 4 N–H and O–H groups in total. The van der Waals surface area contributed by atoms with Crippen molar-refractivity contribution in [2.75, 3.05) is 12.4 Å². The second-order valence-corrected chi connectivity index (χ2v) is 7.91. The van der Waals surface area contributed by atoms with Crippen LogP contribution in [0.1, 0.15) is 21.8 Å². The number of anilines is 1. The van der Waals surface area contributed by atoms with Gasteiger partial charge in [-0.25, -0.2) is 9.97 Å². The Bertz CT molecular complexity index is 1160. The Kier molecular flexibility index (Phi) is 6.20. The number of nitrogens with zero attached hydrogens (tertiary/aromatic N) is 3. The van der Waals surface area contributed by atoms with Crippen molar-refractivity contribution in [3.63, 3.8) is 0 Å². The van der Waals surface area contributed by atoms with Gasteiger partial charge in [0, 0.05) is 49.1 Å². The number of aryl methyl sites for hydroxylation is 2. The summed E-state index contributed by atoms with van der Waals surface area (Å²) < 4.78 is 0. The smallest absolute Gasteiger partial charge is 0.179 e. The molecule has 4 rings (SSSR count). The monoisotopic (exact) mass is 416 g/mol. The van der Waals surface area contributed by atoms with Crippen LogP contribution in [0.3, 0.4) is 0 Å². The first-order valence-electron chi connectivity index (χ1n) is 9.80. The van der Waals surface area contributed by atoms with Crippen LogP contribution in [0.5, 0.6) is 0 Å². The predicted octanol–water partition coefficient (Wildman–Crippen LogP) is 4.42. The zero-order valence-corrected chi connectivity index (χ0v) is 17.6. The normalized spacial score (nSPS) is 12.1. The van der Waals surface area contributed by atoms with Crippen molar-refractivity contribution in [1.82, 2.24) is 15.0 Å². The molecule has 7 heteroatoms. The summed E-state index contributed by atoms with van der Waals surface area (Å²) in [5.74, 6) is 0.961. The van der Waals surface area contributed by atoms with E-state index in [1.54, 1.807) is 37.0 Å². The number of aliphatic imine (C=N–C) groups is 1. The van der Waals surface area contributed by atoms with Crippen molar-refractivity contribution >= 4 is 40.0 Å². The molecule has 3 aromatic heterocycles. The van der Waals surface area contributed by atoms with E-state index in [4.69, 9.17) is 5.73 Å². The Morgan fingerprint density at radius 2 is 2.07 bits per heavy atom. The highest BCUT2D eigenvalue weighted by Gasteiger charge is 2.09. The maximum absolute atomic E-state index is 5.69. The van der Waals surface area contributed by atoms with Gasteiger partial charge in [-0.2, -0.15) is 0 Å². The lowest BCUT2D eigenvalue weighted by Crippen LogP contribution is -2.01. The van der Waals surface area contributed by atoms with Crippen LogP contribution < -0.4 is 11.1 Å². The van der Waals surface area contributed by atoms with Crippen molar-refractivity contribution in [2.24, 2.45) is 10.7 Å². The van der Waals surface area contributed by atoms with Gasteiger partial charge in [-0.15, -0.1) is 11.3 Å². The number of nitrogens with one attached hydrogen (secondary N) is 2. The number of aromatic nitrogens is 3. The van der Waals surface area contributed by atoms with E-state index < -0.39 is 0 Å². The van der Waals surface area contributed by atoms with E-state index >= 15 is 0 Å². The highest BCUT2D eigenvalue weighted by Crippen LogP contribution is 2.22. The molecule has 0 radical (unpaired) electrons. The molecule has 3 heterocycles. The molecule has 152 valence electrons. The van der Waals surface area contributed by atoms with Gasteiger partial charge in [0.05, 0.1) is 5.69 Å². The van der Waals surface area contributed by atoms with Gasteiger partial charge in [0.2, 0.25) is 0 Å². The summed E-state index contributed by atoms with van der Waals surface area (Å²) in [6, 6.07) is 14.5. The van der Waals surface area contributed by atoms with Gasteiger partial charge in [0.15, 0.2) is 5.65 Å². The maximum atomic E-state index is 5.69. The van der Waals surface area contributed by atoms with Gasteiger partial charge in [-0.3, -0.25) is 4.99 Å². The quantitative estimate of drug-likeness (QED) is 0.371. The zero-order valence-electron chi connectivity index (χ0n) is 16.8. The topological polar surface area (TPSA) is 92.0 Å². The third-order valence-corrected chi connectivity index (χ3v) is 5.78. The molecule has 0 spiro atoms. The van der Waals surface area contributed by atoms with E-state index in [0.717, 1.165) is 46.7 Å². The van der Waals surface area contributed by atoms with Crippen LogP contribution in [0.2, 0.25) is 0 Å². The van der Waals surface area contributed by atoms with Gasteiger partial charge < -0.3 is 16.0 Å². The zero-order chi connectivity index (χ0) is 20.8. The van der Waals surface area contributed by atoms with Crippen LogP contribution in [0.4, 0.5) is 5.69 Å². The fourth-order valence-electron chi connectivity index (χ4n) is 3.29. The lowest BCUT2D eigenvalue weighted by molar-refractivity contribution is 0.902. The Balaban J connectivity index is 1.44. The van der Waals surface area contributed by atoms with Gasteiger partial charge in [-0.05, 0) is 35.1 Å². The van der Waals surface area contributed by atoms with Gasteiger partial charge >= 0.3 is 0 Å². The molecule has 30 heavy (non-hydrogen) atoms. The first kappa shape index (κ1) is 19.8. The number of hydrogen-bond donors (Lipinski definition) is 3. The van der Waals surface area contributed by atoms with Crippen molar-refractivity contribution in [1.29, 1.82) is 0 Å². The van der Waals surface area contributed by atoms with Crippen LogP contribution in [-0.2, 0) is 19.4 Å². The number of H-pyrrole nitrogens is 1. The fourth-order valence-corrected chi connectivity index (χ4v) is 4.00. The summed E-state index contributed by atoms with van der Waals surface area (Å²) in [7, 11) is 1.74. The number of allylic oxidation sites excluding steroid dienone is 1. The maximum Gasteiger partial charge on any atom is 0.179 e. The molecular weight excluding hydrogens is 392 g/mol. The van der Waals surface area contributed by atoms with Gasteiger partial charge in [0.25, 0.3) is 0 Å². The molecule has 0 saturated carbocycles. The van der Waals surface area contributed by atoms with Crippen LogP contribution >= 0.6 is 11.3 Å². The first-order valence-corrected chi connectivity index (χ1v) is 10.7. The number of thiophene rings is 1. The van der Waals surface area contributed by atoms with Crippen LogP contribution in [0.25, 0.3) is 16.7 Å². The number of nitrogens with two attached hydrogens (primary N) is 1. The Labute approximate surface area is 179 Å². The average Bonchev–Trinajstić information content (AvgIpc) is 3.44. The lowest BCUT2D eigenvalue weighted by Gasteiger charge is -2.08. The molecule has 0 atom stereocenters. The number of aromatic amines is 1. The number of benzene rings is 1. The lowest BCUT2D eigenvalue weighted by atomic mass is 10.1. The van der Waals surface area contributed by atoms with Crippen LogP contribution in [0, 0.1) is 0 Å². The van der Waals surface area contributed by atoms with E-state index in [0.29, 0.717) is 6.54 Å². The highest BCUT2D eigenvalue weighted by molar-refractivity contribution is 7.09. The summed E-state index contributed by atoms with van der Waals surface area (Å²) in [4.78, 5) is 17.9. The minimum atomic E-state index is 0.701. The molecule has 0 bridgehead atoms. The molecule has 0 aliphatic carbocycles. The summed E-state index contributed by atoms with van der Waals surface area (Å²) in [5, 5.41) is 5.61. The van der Waals surface area contributed by atoms with E-state index in [9.17, 15) is 0 Å². The molecule has 0 saturated heterocycles. The van der Waals surface area contributed by atoms with Crippen molar-refractivity contribution < 1.29 is 0 Å². The minimum Gasteiger partial charge on any atom is -0.404 e. The minimum absolute atomic E-state index is 0.701. The second kappa shape index (κ2) is 9.37. The standard InChI is InChI=1S/C23H24N6S/c1-25-15-18(13-24)17-6-4-16(5-7-17)14-27-20-10-11-26-23-22(20)28-21(29-23)9-8-19-3-2-12-30-19/h2-7,10-13,15H,8-9,14,24H2,1H3,(H2,26,27,28,29)/b18-13+,25-15?. The Morgan fingerprint density at radius 1 is 1.20 bits per heavy atom. The fraction of sp³-hybridized carbons (Fsp3) is 0.174. The molecule has 6 nitrogen and oxygen atoms in total. The number of rotatable bonds is 8. The highest BCUT2D eigenvalue weighted by atomic mass is 32.1. The molecule has 0 aliphatic rings. The molecule has 0 amide bonds. The third-order valence-electron chi connectivity index (χ3n) is 4.85. The molecule has 4 aromatic rings. The van der Waals surface area contributed by atoms with Gasteiger partial charge in [0.1, 0.15) is 11.3 Å². The molecular formula is C23H24N6S. The van der Waals surface area contributed by atoms with E-state index in [-0.39, 0.29) is 0 Å². The number of imidazole rings is 1.